The molecule has 2 fully saturated rings. The number of amides is 9. The number of fused-ring (bicyclic) bond motifs is 15. The first-order valence-corrected chi connectivity index (χ1v) is 39.6. The number of primary amides is 1. The molecule has 14 rings (SSSR count). The summed E-state index contributed by atoms with van der Waals surface area (Å²) >= 11 is 20.3. The quantitative estimate of drug-likeness (QED) is 0.0221. The van der Waals surface area contributed by atoms with Gasteiger partial charge in [0.05, 0.1) is 41.3 Å². The van der Waals surface area contributed by atoms with E-state index in [1.165, 1.54) is 55.1 Å². The molecule has 654 valence electrons. The number of halogens is 3. The molecule has 7 aliphatic heterocycles. The van der Waals surface area contributed by atoms with Crippen molar-refractivity contribution >= 4 is 99.9 Å². The number of carbonyl (C=O) groups excluding carboxylic acids is 9. The van der Waals surface area contributed by atoms with Crippen molar-refractivity contribution in [2.45, 2.75) is 163 Å². The molecule has 2 saturated heterocycles. The topological polar surface area (TPSA) is 598 Å². The largest absolute Gasteiger partial charge is 0.508 e. The summed E-state index contributed by atoms with van der Waals surface area (Å²) in [6.07, 6.45) is -15.3. The molecule has 0 saturated carbocycles. The molecular formula is C81H89Cl3N14O25. The van der Waals surface area contributed by atoms with Crippen LogP contribution >= 0.6 is 34.8 Å². The normalized spacial score (nSPS) is 26.2. The molecule has 9 amide bonds. The van der Waals surface area contributed by atoms with Crippen molar-refractivity contribution in [2.24, 2.45) is 17.5 Å². The molecule has 7 aromatic rings. The number of anilines is 1. The minimum absolute atomic E-state index is 0.0332. The Bertz CT molecular complexity index is 5320. The number of nitrogens with zero attached hydrogens (tertiary/aromatic N) is 2. The zero-order valence-electron chi connectivity index (χ0n) is 66.0. The minimum atomic E-state index is -2.39. The molecule has 0 unspecified atom stereocenters. The van der Waals surface area contributed by atoms with Gasteiger partial charge < -0.3 is 128 Å². The summed E-state index contributed by atoms with van der Waals surface area (Å²) in [5.41, 5.74) is 3.50. The zero-order chi connectivity index (χ0) is 88.9. The number of phenols is 3. The van der Waals surface area contributed by atoms with Gasteiger partial charge in [-0.05, 0) is 145 Å². The second-order valence-electron chi connectivity index (χ2n) is 30.4. The van der Waals surface area contributed by atoms with Crippen LogP contribution in [0.2, 0.25) is 15.1 Å². The third-order valence-electron chi connectivity index (χ3n) is 21.2. The number of carbonyl (C=O) groups is 9. The first-order valence-electron chi connectivity index (χ1n) is 38.4. The summed E-state index contributed by atoms with van der Waals surface area (Å²) in [7, 11) is 1.47. The number of aliphatic hydroxyl groups excluding tert-OH is 6. The average Bonchev–Trinajstić information content (AvgIpc) is 0.764. The van der Waals surface area contributed by atoms with Crippen LogP contribution in [0, 0.1) is 5.92 Å². The monoisotopic (exact) mass is 1760 g/mol. The summed E-state index contributed by atoms with van der Waals surface area (Å²) in [4.78, 5) is 149. The highest BCUT2D eigenvalue weighted by molar-refractivity contribution is 6.32. The Balaban J connectivity index is 0.995. The standard InChI is InChI=1S/C81H89Cl3N14O25/c1-33(2)22-46(87-5)72(110)95-63-65(105)37-10-15-50(44(83)24-37)119-52-26-39-27-53(69(52)123-79-70(68(108)67(107)54(32-99)121-79)122-58-31-81(4,71(109)34(3)118-58)88-19-21-98-20-18-56(91-80(98)117)90-57(104)17-8-35-6-12-40(82)13-7-35)120-51-16-11-38(25-45(51)84)66(106)64-77(115)94-62(78(116)97-86)43-28-41(100)29-49(102)59(43)42-23-36(9-14-48(42)101)60(74(112)96-64)93-75(113)61(39)92-73(111)47(30-55(85)103)89-76(63)114/h6-18,20,23-29,33-34,46-47,54,58,60-68,70-71,79,87-88,99-102,105-109H,19,21-22,30-32,86H2,1-5H3,(H2,85,103)(H,89,114)(H,92,111)(H,93,113)(H,94,115)(H,95,110)(H,96,112)(H,97,116)(H,90,91,104,117)/b17-8+/t34-,46+,47-,54+,58-,60+,61+,62+,63+,64-,65+,66+,67+,68-,70+,71+,79-,81-/m0/s1. The smallest absolute Gasteiger partial charge is 0.349 e. The van der Waals surface area contributed by atoms with Crippen LogP contribution in [0.15, 0.2) is 126 Å². The highest BCUT2D eigenvalue weighted by atomic mass is 35.5. The van der Waals surface area contributed by atoms with Crippen LogP contribution in [-0.2, 0) is 63.9 Å². The number of benzene rings is 6. The van der Waals surface area contributed by atoms with E-state index in [1.54, 1.807) is 31.2 Å². The van der Waals surface area contributed by atoms with Gasteiger partial charge in [-0.1, -0.05) is 79.0 Å². The molecule has 8 heterocycles. The van der Waals surface area contributed by atoms with Gasteiger partial charge >= 0.3 is 5.69 Å². The average molecular weight is 1770 g/mol. The van der Waals surface area contributed by atoms with Crippen molar-refractivity contribution < 1.29 is 118 Å². The van der Waals surface area contributed by atoms with E-state index >= 15 is 19.2 Å². The Labute approximate surface area is 714 Å². The summed E-state index contributed by atoms with van der Waals surface area (Å²) in [6, 6.07) is 7.60. The molecule has 7 aliphatic rings. The van der Waals surface area contributed by atoms with E-state index in [9.17, 15) is 74.7 Å². The lowest BCUT2D eigenvalue weighted by Crippen LogP contribution is -2.65. The minimum Gasteiger partial charge on any atom is -0.508 e. The summed E-state index contributed by atoms with van der Waals surface area (Å²) in [6.45, 7) is 5.61. The molecule has 0 aliphatic carbocycles. The van der Waals surface area contributed by atoms with Crippen molar-refractivity contribution in [2.75, 3.05) is 25.5 Å². The Morgan fingerprint density at radius 2 is 1.37 bits per heavy atom. The second-order valence-corrected chi connectivity index (χ2v) is 31.6. The summed E-state index contributed by atoms with van der Waals surface area (Å²) < 4.78 is 40.6. The number of rotatable bonds is 20. The van der Waals surface area contributed by atoms with Gasteiger partial charge in [0.15, 0.2) is 23.9 Å². The van der Waals surface area contributed by atoms with E-state index in [1.807, 2.05) is 19.3 Å². The highest BCUT2D eigenvalue weighted by Crippen LogP contribution is 2.50. The van der Waals surface area contributed by atoms with Crippen molar-refractivity contribution in [3.05, 3.63) is 180 Å². The van der Waals surface area contributed by atoms with Gasteiger partial charge in [0, 0.05) is 59.5 Å². The second kappa shape index (κ2) is 38.4. The fourth-order valence-corrected chi connectivity index (χ4v) is 15.4. The molecule has 0 radical (unpaired) electrons. The Morgan fingerprint density at radius 1 is 0.724 bits per heavy atom. The number of nitrogens with two attached hydrogens (primary N) is 2. The number of likely N-dealkylation sites (N-methyl/N-ethyl adjacent to an activating group) is 1. The number of phenolic OH excluding ortho intramolecular Hbond substituents is 3. The van der Waals surface area contributed by atoms with Crippen LogP contribution in [0.1, 0.15) is 111 Å². The molecule has 39 nitrogen and oxygen atoms in total. The van der Waals surface area contributed by atoms with Crippen LogP contribution in [0.25, 0.3) is 17.2 Å². The van der Waals surface area contributed by atoms with Gasteiger partial charge in [-0.15, -0.1) is 0 Å². The number of aromatic nitrogens is 2. The summed E-state index contributed by atoms with van der Waals surface area (Å²) in [5, 5.41) is 129. The molecule has 42 heteroatoms. The Kier molecular flexibility index (Phi) is 28.3. The van der Waals surface area contributed by atoms with E-state index < -0.39 is 254 Å². The van der Waals surface area contributed by atoms with Gasteiger partial charge in [0.2, 0.25) is 59.3 Å². The SMILES string of the molecule is CN[C@H](CC(C)C)C(=O)N[C@H]1C(=O)N[C@@H](CC(N)=O)C(=O)N[C@H]2C(=O)N[C@H]3C(=O)N[C@H](C(=O)N[C@@H](C(=O)NN)c4cc(O)cc(O)c4-c4cc3ccc4O)[C@H](O)c3ccc(c(Cl)c3)Oc3cc2cc(c3O[C@@H]2O[C@H](CO)[C@@H](O)[C@H](O)[C@H]2O[C@H]2C[C@](C)(NCCn3ccc(NC(=O)/C=C/c4ccc(Cl)cc4)nc3=O)[C@H](O)[C@H](C)O2)Oc2ccc(cc2Cl)[C@H]1O. The van der Waals surface area contributed by atoms with E-state index in [0.717, 1.165) is 66.7 Å². The lowest BCUT2D eigenvalue weighted by atomic mass is 9.85. The van der Waals surface area contributed by atoms with E-state index in [0.29, 0.717) is 10.6 Å². The van der Waals surface area contributed by atoms with Crippen molar-refractivity contribution in [1.82, 2.24) is 57.5 Å². The number of aliphatic hydroxyl groups is 6. The van der Waals surface area contributed by atoms with Crippen molar-refractivity contribution in [1.29, 1.82) is 0 Å². The molecule has 0 spiro atoms. The highest BCUT2D eigenvalue weighted by Gasteiger charge is 2.52. The number of hydrogen-bond acceptors (Lipinski definition) is 29. The van der Waals surface area contributed by atoms with Gasteiger partial charge in [0.25, 0.3) is 5.91 Å². The van der Waals surface area contributed by atoms with Gasteiger partial charge in [-0.3, -0.25) is 53.1 Å². The zero-order valence-corrected chi connectivity index (χ0v) is 68.3. The van der Waals surface area contributed by atoms with Crippen LogP contribution in [0.3, 0.4) is 0 Å². The van der Waals surface area contributed by atoms with Crippen molar-refractivity contribution in [3.8, 4) is 57.1 Å². The predicted molar refractivity (Wildman–Crippen MR) is 435 cm³/mol. The molecule has 123 heavy (non-hydrogen) atoms. The van der Waals surface area contributed by atoms with E-state index in [-0.39, 0.29) is 60.1 Å². The van der Waals surface area contributed by atoms with Crippen molar-refractivity contribution in [3.63, 3.8) is 0 Å². The van der Waals surface area contributed by atoms with E-state index in [4.69, 9.17) is 74.8 Å². The molecule has 1 aromatic heterocycles. The first kappa shape index (κ1) is 90.6. The molecular weight excluding hydrogens is 1680 g/mol. The number of nitrogens with one attached hydrogen (secondary N) is 10. The Morgan fingerprint density at radius 3 is 1.99 bits per heavy atom. The molecule has 23 N–H and O–H groups in total. The van der Waals surface area contributed by atoms with Crippen LogP contribution in [-0.4, -0.2) is 208 Å². The van der Waals surface area contributed by atoms with E-state index in [2.05, 4.69) is 52.8 Å². The molecule has 11 bridgehead atoms. The lowest BCUT2D eigenvalue weighted by molar-refractivity contribution is -0.334. The molecule has 6 aromatic carbocycles. The van der Waals surface area contributed by atoms with Crippen LogP contribution in [0.4, 0.5) is 5.82 Å². The first-order chi connectivity index (χ1) is 58.4. The maximum absolute atomic E-state index is 16.3. The summed E-state index contributed by atoms with van der Waals surface area (Å²) in [5.74, 6) is -10.5. The van der Waals surface area contributed by atoms with Gasteiger partial charge in [-0.25, -0.2) is 10.6 Å². The number of aromatic hydroxyl groups is 3. The molecule has 18 atom stereocenters. The fraction of sp³-hybridized carbons (Fsp3) is 0.370. The van der Waals surface area contributed by atoms with Crippen LogP contribution in [0.5, 0.6) is 46.0 Å². The Hall–Kier alpha value is -11.6. The number of hydrogen-bond donors (Lipinski definition) is 21. The third-order valence-corrected chi connectivity index (χ3v) is 22.0. The third kappa shape index (κ3) is 20.5. The van der Waals surface area contributed by atoms with Gasteiger partial charge in [-0.2, -0.15) is 4.98 Å². The maximum atomic E-state index is 16.3. The van der Waals surface area contributed by atoms with Crippen LogP contribution < -0.4 is 84.8 Å². The fourth-order valence-electron chi connectivity index (χ4n) is 14.8. The predicted octanol–water partition coefficient (Wildman–Crippen LogP) is 1.20. The maximum Gasteiger partial charge on any atom is 0.349 e. The number of hydrazine groups is 1. The van der Waals surface area contributed by atoms with Gasteiger partial charge in [0.1, 0.15) is 101 Å². The lowest BCUT2D eigenvalue weighted by Gasteiger charge is -2.48. The number of ether oxygens (including phenoxy) is 6.